The fraction of sp³-hybridized carbons (Fsp3) is 0.500. The standard InChI is InChI=1S/C16H20ClNO6S/c1-16(2,3)24-15(21)18-9-10(8-12(18)14(19)20)25(22,23)13-7-5-4-6-11(13)17/h4-7,10,12H,8-9H2,1-3H3,(H,19,20)/t10-,12+/m1/s1. The SMILES string of the molecule is CC(C)(C)OC(=O)N1C[C@H](S(=O)(=O)c2ccccc2Cl)C[C@H]1C(=O)O. The number of hydrogen-bond acceptors (Lipinski definition) is 5. The number of nitrogens with zero attached hydrogens (tertiary/aromatic N) is 1. The topological polar surface area (TPSA) is 101 Å². The summed E-state index contributed by atoms with van der Waals surface area (Å²) in [6, 6.07) is 4.68. The predicted molar refractivity (Wildman–Crippen MR) is 91.4 cm³/mol. The van der Waals surface area contributed by atoms with Crippen molar-refractivity contribution in [2.24, 2.45) is 0 Å². The molecule has 1 amide bonds. The van der Waals surface area contributed by atoms with Crippen molar-refractivity contribution in [3.05, 3.63) is 29.3 Å². The normalized spacial score (nSPS) is 21.2. The number of carboxylic acid groups (broad SMARTS) is 1. The van der Waals surface area contributed by atoms with Crippen molar-refractivity contribution in [2.45, 2.75) is 49.0 Å². The molecule has 1 N–H and O–H groups in total. The number of aliphatic carboxylic acids is 1. The summed E-state index contributed by atoms with van der Waals surface area (Å²) in [5.74, 6) is -1.28. The van der Waals surface area contributed by atoms with Gasteiger partial charge in [-0.15, -0.1) is 0 Å². The maximum atomic E-state index is 12.8. The van der Waals surface area contributed by atoms with E-state index in [1.54, 1.807) is 26.8 Å². The fourth-order valence-electron chi connectivity index (χ4n) is 2.63. The lowest BCUT2D eigenvalue weighted by Gasteiger charge is -2.26. The Morgan fingerprint density at radius 3 is 2.40 bits per heavy atom. The van der Waals surface area contributed by atoms with Crippen molar-refractivity contribution < 1.29 is 27.9 Å². The van der Waals surface area contributed by atoms with Crippen LogP contribution in [0.1, 0.15) is 27.2 Å². The van der Waals surface area contributed by atoms with E-state index < -0.39 is 38.8 Å². The largest absolute Gasteiger partial charge is 0.480 e. The molecule has 1 fully saturated rings. The van der Waals surface area contributed by atoms with E-state index in [4.69, 9.17) is 16.3 Å². The number of ether oxygens (including phenoxy) is 1. The summed E-state index contributed by atoms with van der Waals surface area (Å²) in [5.41, 5.74) is -0.820. The van der Waals surface area contributed by atoms with Crippen LogP contribution in [0, 0.1) is 0 Å². The summed E-state index contributed by atoms with van der Waals surface area (Å²) >= 11 is 5.97. The predicted octanol–water partition coefficient (Wildman–Crippen LogP) is 2.58. The third-order valence-electron chi connectivity index (χ3n) is 3.76. The molecule has 1 aliphatic heterocycles. The van der Waals surface area contributed by atoms with Gasteiger partial charge in [0.15, 0.2) is 9.84 Å². The molecule has 1 aliphatic rings. The molecule has 0 unspecified atom stereocenters. The van der Waals surface area contributed by atoms with Gasteiger partial charge in [0.1, 0.15) is 11.6 Å². The Balaban J connectivity index is 2.32. The number of halogens is 1. The summed E-state index contributed by atoms with van der Waals surface area (Å²) in [4.78, 5) is 24.6. The van der Waals surface area contributed by atoms with Crippen LogP contribution < -0.4 is 0 Å². The number of carbonyl (C=O) groups excluding carboxylic acids is 1. The molecule has 0 aliphatic carbocycles. The third-order valence-corrected chi connectivity index (χ3v) is 6.39. The molecule has 1 aromatic carbocycles. The molecule has 0 radical (unpaired) electrons. The molecule has 2 rings (SSSR count). The molecule has 7 nitrogen and oxygen atoms in total. The highest BCUT2D eigenvalue weighted by Gasteiger charge is 2.47. The van der Waals surface area contributed by atoms with Crippen molar-refractivity contribution in [1.82, 2.24) is 4.90 Å². The average Bonchev–Trinajstić information content (AvgIpc) is 2.92. The summed E-state index contributed by atoms with van der Waals surface area (Å²) < 4.78 is 30.8. The zero-order valence-electron chi connectivity index (χ0n) is 14.1. The van der Waals surface area contributed by atoms with E-state index in [-0.39, 0.29) is 22.9 Å². The molecule has 9 heteroatoms. The van der Waals surface area contributed by atoms with Crippen molar-refractivity contribution in [1.29, 1.82) is 0 Å². The first kappa shape index (κ1) is 19.5. The maximum absolute atomic E-state index is 12.8. The number of carbonyl (C=O) groups is 2. The van der Waals surface area contributed by atoms with E-state index >= 15 is 0 Å². The molecule has 2 atom stereocenters. The Labute approximate surface area is 151 Å². The van der Waals surface area contributed by atoms with Crippen molar-refractivity contribution in [3.8, 4) is 0 Å². The Morgan fingerprint density at radius 1 is 1.28 bits per heavy atom. The lowest BCUT2D eigenvalue weighted by atomic mass is 10.2. The van der Waals surface area contributed by atoms with Crippen LogP contribution in [0.2, 0.25) is 5.02 Å². The summed E-state index contributed by atoms with van der Waals surface area (Å²) in [5, 5.41) is 8.36. The first-order valence-electron chi connectivity index (χ1n) is 7.64. The molecular weight excluding hydrogens is 370 g/mol. The zero-order valence-corrected chi connectivity index (χ0v) is 15.7. The minimum Gasteiger partial charge on any atom is -0.480 e. The van der Waals surface area contributed by atoms with Gasteiger partial charge < -0.3 is 9.84 Å². The quantitative estimate of drug-likeness (QED) is 0.852. The molecule has 1 aromatic rings. The maximum Gasteiger partial charge on any atom is 0.411 e. The van der Waals surface area contributed by atoms with Gasteiger partial charge in [-0.1, -0.05) is 23.7 Å². The van der Waals surface area contributed by atoms with Gasteiger partial charge in [-0.2, -0.15) is 0 Å². The van der Waals surface area contributed by atoms with Gasteiger partial charge >= 0.3 is 12.1 Å². The number of sulfone groups is 1. The molecule has 0 spiro atoms. The summed E-state index contributed by atoms with van der Waals surface area (Å²) in [7, 11) is -3.89. The van der Waals surface area contributed by atoms with Crippen LogP contribution in [0.4, 0.5) is 4.79 Å². The fourth-order valence-corrected chi connectivity index (χ4v) is 4.85. The monoisotopic (exact) mass is 389 g/mol. The molecule has 138 valence electrons. The van der Waals surface area contributed by atoms with Crippen LogP contribution >= 0.6 is 11.6 Å². The van der Waals surface area contributed by atoms with E-state index in [0.29, 0.717) is 0 Å². The van der Waals surface area contributed by atoms with Gasteiger partial charge in [-0.05, 0) is 39.3 Å². The molecule has 1 heterocycles. The minimum absolute atomic E-state index is 0.0603. The number of likely N-dealkylation sites (tertiary alicyclic amines) is 1. The van der Waals surface area contributed by atoms with Crippen molar-refractivity contribution in [3.63, 3.8) is 0 Å². The smallest absolute Gasteiger partial charge is 0.411 e. The average molecular weight is 390 g/mol. The van der Waals surface area contributed by atoms with Crippen molar-refractivity contribution in [2.75, 3.05) is 6.54 Å². The molecule has 0 aromatic heterocycles. The van der Waals surface area contributed by atoms with Gasteiger partial charge in [-0.25, -0.2) is 18.0 Å². The second-order valence-corrected chi connectivity index (χ2v) is 9.42. The second kappa shape index (κ2) is 6.84. The van der Waals surface area contributed by atoms with Crippen molar-refractivity contribution >= 4 is 33.5 Å². The lowest BCUT2D eigenvalue weighted by molar-refractivity contribution is -0.142. The molecule has 0 bridgehead atoms. The van der Waals surface area contributed by atoms with E-state index in [9.17, 15) is 23.1 Å². The Bertz CT molecular complexity index is 786. The number of carboxylic acids is 1. The molecule has 1 saturated heterocycles. The Hall–Kier alpha value is -1.80. The first-order valence-corrected chi connectivity index (χ1v) is 9.57. The van der Waals surface area contributed by atoms with Crippen LogP contribution in [0.15, 0.2) is 29.2 Å². The Morgan fingerprint density at radius 2 is 1.88 bits per heavy atom. The van der Waals surface area contributed by atoms with Gasteiger partial charge in [0.05, 0.1) is 15.2 Å². The van der Waals surface area contributed by atoms with Gasteiger partial charge in [0.2, 0.25) is 0 Å². The van der Waals surface area contributed by atoms with Gasteiger partial charge in [0, 0.05) is 6.54 Å². The summed E-state index contributed by atoms with van der Waals surface area (Å²) in [6.07, 6.45) is -1.07. The van der Waals surface area contributed by atoms with Crippen LogP contribution in [-0.2, 0) is 19.4 Å². The van der Waals surface area contributed by atoms with E-state index in [1.807, 2.05) is 0 Å². The lowest BCUT2D eigenvalue weighted by Crippen LogP contribution is -2.43. The van der Waals surface area contributed by atoms with Crippen LogP contribution in [0.5, 0.6) is 0 Å². The van der Waals surface area contributed by atoms with E-state index in [2.05, 4.69) is 0 Å². The molecule has 0 saturated carbocycles. The molecular formula is C16H20ClNO6S. The summed E-state index contributed by atoms with van der Waals surface area (Å²) in [6.45, 7) is 4.68. The number of amides is 1. The van der Waals surface area contributed by atoms with Crippen LogP contribution in [0.3, 0.4) is 0 Å². The second-order valence-electron chi connectivity index (χ2n) is 6.82. The highest BCUT2D eigenvalue weighted by Crippen LogP contribution is 2.32. The Kier molecular flexibility index (Phi) is 5.34. The van der Waals surface area contributed by atoms with Gasteiger partial charge in [-0.3, -0.25) is 4.90 Å². The number of hydrogen-bond donors (Lipinski definition) is 1. The van der Waals surface area contributed by atoms with Gasteiger partial charge in [0.25, 0.3) is 0 Å². The van der Waals surface area contributed by atoms with E-state index in [0.717, 1.165) is 4.90 Å². The first-order chi connectivity index (χ1) is 11.4. The minimum atomic E-state index is -3.89. The highest BCUT2D eigenvalue weighted by molar-refractivity contribution is 7.92. The third kappa shape index (κ3) is 4.24. The highest BCUT2D eigenvalue weighted by atomic mass is 35.5. The van der Waals surface area contributed by atoms with E-state index in [1.165, 1.54) is 18.2 Å². The zero-order chi connectivity index (χ0) is 19.0. The van der Waals surface area contributed by atoms with Crippen LogP contribution in [0.25, 0.3) is 0 Å². The molecule has 25 heavy (non-hydrogen) atoms. The number of benzene rings is 1. The number of rotatable bonds is 3. The van der Waals surface area contributed by atoms with Crippen LogP contribution in [-0.4, -0.2) is 53.9 Å².